The average Bonchev–Trinajstić information content (AvgIpc) is 2.99. The maximum Gasteiger partial charge on any atom is 0.306 e. The van der Waals surface area contributed by atoms with E-state index in [9.17, 15) is 39.9 Å². The van der Waals surface area contributed by atoms with E-state index in [4.69, 9.17) is 0 Å². The number of aliphatic hydroxyl groups excluding tert-OH is 3. The Bertz CT molecular complexity index is 1070. The van der Waals surface area contributed by atoms with E-state index in [0.29, 0.717) is 30.4 Å². The molecule has 0 heterocycles. The van der Waals surface area contributed by atoms with E-state index in [2.05, 4.69) is 6.92 Å². The molecule has 5 N–H and O–H groups in total. The van der Waals surface area contributed by atoms with Gasteiger partial charge in [-0.05, 0) is 66.3 Å². The second-order valence-electron chi connectivity index (χ2n) is 14.4. The molecular weight excluding hydrogens is 488 g/mol. The standard InChI is InChI=1S/C30H46O8/c1-15(25(36)37)10-16(31)13-29(6,38)20-12-22(35)30(7)24-17(32)11-19-26(2,3)21(34)8-9-27(19,4)23(24)18(33)14-28(20,30)5/h15,17,19-22,32,34-35,38H,8-14H2,1-7H3,(H,36,37)/t15?,17-,19-,20-,21-,22-,27-,28+,29?,30-/m0/s1. The first-order chi connectivity index (χ1) is 17.2. The van der Waals surface area contributed by atoms with Crippen LogP contribution in [0.4, 0.5) is 0 Å². The third kappa shape index (κ3) is 3.88. The minimum atomic E-state index is -1.58. The molecule has 2 saturated carbocycles. The Labute approximate surface area is 225 Å². The molecule has 0 bridgehead atoms. The van der Waals surface area contributed by atoms with Gasteiger partial charge in [-0.1, -0.05) is 41.5 Å². The SMILES string of the molecule is CC(CC(=O)CC(C)(O)[C@H]1C[C@H](O)[C@@]2(C)C3=C(C(=O)C[C@]12C)[C@@]1(C)CC[C@H](O)C(C)(C)[C@@H]1C[C@@H]3O)C(=O)O. The minimum absolute atomic E-state index is 0.0674. The summed E-state index contributed by atoms with van der Waals surface area (Å²) in [5, 5.41) is 54.9. The lowest BCUT2D eigenvalue weighted by Gasteiger charge is -2.62. The van der Waals surface area contributed by atoms with Crippen LogP contribution >= 0.6 is 0 Å². The fraction of sp³-hybridized carbons (Fsp3) is 0.833. The highest BCUT2D eigenvalue weighted by molar-refractivity contribution is 6.00. The molecule has 0 saturated heterocycles. The van der Waals surface area contributed by atoms with Gasteiger partial charge in [-0.25, -0.2) is 0 Å². The number of carboxylic acid groups (broad SMARTS) is 1. The molecule has 2 fully saturated rings. The summed E-state index contributed by atoms with van der Waals surface area (Å²) in [6.45, 7) is 12.8. The normalized spacial score (nSPS) is 44.5. The molecule has 8 heteroatoms. The molecule has 8 nitrogen and oxygen atoms in total. The number of allylic oxidation sites excluding steroid dienone is 1. The maximum atomic E-state index is 14.1. The Kier molecular flexibility index (Phi) is 6.92. The van der Waals surface area contributed by atoms with Crippen molar-refractivity contribution < 1.29 is 39.9 Å². The van der Waals surface area contributed by atoms with Crippen molar-refractivity contribution in [3.8, 4) is 0 Å². The van der Waals surface area contributed by atoms with Gasteiger partial charge in [-0.15, -0.1) is 0 Å². The van der Waals surface area contributed by atoms with Crippen molar-refractivity contribution in [2.24, 2.45) is 39.4 Å². The molecule has 38 heavy (non-hydrogen) atoms. The summed E-state index contributed by atoms with van der Waals surface area (Å²) in [5.41, 5.74) is -3.41. The summed E-state index contributed by atoms with van der Waals surface area (Å²) < 4.78 is 0. The first-order valence-corrected chi connectivity index (χ1v) is 14.0. The molecule has 10 atom stereocenters. The van der Waals surface area contributed by atoms with Gasteiger partial charge in [-0.3, -0.25) is 14.4 Å². The van der Waals surface area contributed by atoms with Crippen molar-refractivity contribution in [3.05, 3.63) is 11.1 Å². The number of hydrogen-bond acceptors (Lipinski definition) is 7. The van der Waals surface area contributed by atoms with Crippen LogP contribution in [0.1, 0.15) is 93.4 Å². The van der Waals surface area contributed by atoms with E-state index in [-0.39, 0.29) is 43.2 Å². The highest BCUT2D eigenvalue weighted by Crippen LogP contribution is 2.72. The number of carboxylic acids is 1. The number of Topliss-reactive ketones (excluding diaryl/α,β-unsaturated/α-hetero) is 2. The molecule has 4 rings (SSSR count). The molecular formula is C30H46O8. The molecule has 0 amide bonds. The Hall–Kier alpha value is -1.61. The molecule has 214 valence electrons. The van der Waals surface area contributed by atoms with Crippen LogP contribution in [-0.4, -0.2) is 67.0 Å². The van der Waals surface area contributed by atoms with Gasteiger partial charge in [0.2, 0.25) is 0 Å². The van der Waals surface area contributed by atoms with Gasteiger partial charge < -0.3 is 25.5 Å². The molecule has 0 radical (unpaired) electrons. The highest BCUT2D eigenvalue weighted by Gasteiger charge is 2.71. The summed E-state index contributed by atoms with van der Waals surface area (Å²) in [6.07, 6.45) is -1.19. The first kappa shape index (κ1) is 29.4. The molecule has 0 aliphatic heterocycles. The summed E-state index contributed by atoms with van der Waals surface area (Å²) in [4.78, 5) is 38.1. The highest BCUT2D eigenvalue weighted by atomic mass is 16.4. The van der Waals surface area contributed by atoms with Crippen LogP contribution in [0.5, 0.6) is 0 Å². The molecule has 0 aromatic carbocycles. The van der Waals surface area contributed by atoms with Gasteiger partial charge in [0.15, 0.2) is 5.78 Å². The van der Waals surface area contributed by atoms with Crippen molar-refractivity contribution in [1.82, 2.24) is 0 Å². The van der Waals surface area contributed by atoms with Gasteiger partial charge in [0.05, 0.1) is 29.8 Å². The third-order valence-corrected chi connectivity index (χ3v) is 11.8. The van der Waals surface area contributed by atoms with E-state index in [1.165, 1.54) is 6.92 Å². The molecule has 0 aromatic heterocycles. The zero-order chi connectivity index (χ0) is 28.8. The Balaban J connectivity index is 1.78. The number of fused-ring (bicyclic) bond motifs is 4. The zero-order valence-electron chi connectivity index (χ0n) is 23.9. The summed E-state index contributed by atoms with van der Waals surface area (Å²) in [7, 11) is 0. The number of carbonyl (C=O) groups excluding carboxylic acids is 2. The average molecular weight is 535 g/mol. The van der Waals surface area contributed by atoms with Crippen molar-refractivity contribution in [2.75, 3.05) is 0 Å². The maximum absolute atomic E-state index is 14.1. The quantitative estimate of drug-likeness (QED) is 0.349. The van der Waals surface area contributed by atoms with Crippen molar-refractivity contribution in [3.63, 3.8) is 0 Å². The van der Waals surface area contributed by atoms with Gasteiger partial charge in [0, 0.05) is 30.3 Å². The van der Waals surface area contributed by atoms with Crippen LogP contribution in [0.25, 0.3) is 0 Å². The number of ketones is 2. The number of hydrogen-bond donors (Lipinski definition) is 5. The molecule has 0 aromatic rings. The van der Waals surface area contributed by atoms with Crippen molar-refractivity contribution >= 4 is 17.5 Å². The van der Waals surface area contributed by atoms with Crippen LogP contribution in [0.15, 0.2) is 11.1 Å². The van der Waals surface area contributed by atoms with Crippen LogP contribution in [0, 0.1) is 39.4 Å². The number of aliphatic hydroxyl groups is 4. The molecule has 0 spiro atoms. The van der Waals surface area contributed by atoms with Gasteiger partial charge >= 0.3 is 5.97 Å². The molecule has 2 unspecified atom stereocenters. The fourth-order valence-corrected chi connectivity index (χ4v) is 9.43. The van der Waals surface area contributed by atoms with Gasteiger partial charge in [-0.2, -0.15) is 0 Å². The first-order valence-electron chi connectivity index (χ1n) is 14.0. The summed E-state index contributed by atoms with van der Waals surface area (Å²) in [5.74, 6) is -3.17. The van der Waals surface area contributed by atoms with Crippen LogP contribution < -0.4 is 0 Å². The lowest BCUT2D eigenvalue weighted by Crippen LogP contribution is -2.61. The summed E-state index contributed by atoms with van der Waals surface area (Å²) in [6, 6.07) is 0. The monoisotopic (exact) mass is 534 g/mol. The fourth-order valence-electron chi connectivity index (χ4n) is 9.43. The largest absolute Gasteiger partial charge is 0.481 e. The second kappa shape index (κ2) is 8.95. The van der Waals surface area contributed by atoms with E-state index < -0.39 is 63.4 Å². The lowest BCUT2D eigenvalue weighted by atomic mass is 9.42. The lowest BCUT2D eigenvalue weighted by molar-refractivity contribution is -0.148. The van der Waals surface area contributed by atoms with Crippen LogP contribution in [0.3, 0.4) is 0 Å². The van der Waals surface area contributed by atoms with Gasteiger partial charge in [0.25, 0.3) is 0 Å². The number of rotatable bonds is 6. The molecule has 4 aliphatic carbocycles. The van der Waals surface area contributed by atoms with Gasteiger partial charge in [0.1, 0.15) is 5.78 Å². The Morgan fingerprint density at radius 2 is 1.66 bits per heavy atom. The Morgan fingerprint density at radius 3 is 2.24 bits per heavy atom. The van der Waals surface area contributed by atoms with Crippen molar-refractivity contribution in [2.45, 2.75) is 117 Å². The van der Waals surface area contributed by atoms with Crippen LogP contribution in [0.2, 0.25) is 0 Å². The smallest absolute Gasteiger partial charge is 0.306 e. The third-order valence-electron chi connectivity index (χ3n) is 11.8. The van der Waals surface area contributed by atoms with E-state index >= 15 is 0 Å². The van der Waals surface area contributed by atoms with Crippen LogP contribution in [-0.2, 0) is 14.4 Å². The zero-order valence-corrected chi connectivity index (χ0v) is 23.9. The topological polar surface area (TPSA) is 152 Å². The molecule has 4 aliphatic rings. The summed E-state index contributed by atoms with van der Waals surface area (Å²) >= 11 is 0. The van der Waals surface area contributed by atoms with E-state index in [1.54, 1.807) is 6.92 Å². The number of carbonyl (C=O) groups is 3. The number of aliphatic carboxylic acids is 1. The van der Waals surface area contributed by atoms with Crippen molar-refractivity contribution in [1.29, 1.82) is 0 Å². The predicted octanol–water partition coefficient (Wildman–Crippen LogP) is 3.04. The van der Waals surface area contributed by atoms with E-state index in [1.807, 2.05) is 27.7 Å². The van der Waals surface area contributed by atoms with E-state index in [0.717, 1.165) is 0 Å². The Morgan fingerprint density at radius 1 is 1.05 bits per heavy atom. The predicted molar refractivity (Wildman–Crippen MR) is 140 cm³/mol. The second-order valence-corrected chi connectivity index (χ2v) is 14.4. The minimum Gasteiger partial charge on any atom is -0.481 e.